The fourth-order valence-corrected chi connectivity index (χ4v) is 7.54. The van der Waals surface area contributed by atoms with Crippen molar-refractivity contribution in [1.29, 1.82) is 0 Å². The van der Waals surface area contributed by atoms with Crippen LogP contribution in [0.4, 0.5) is 16.3 Å². The number of benzene rings is 3. The zero-order chi connectivity index (χ0) is 37.6. The number of hydrogen-bond acceptors (Lipinski definition) is 6. The minimum absolute atomic E-state index is 0.0392. The number of nitrogens with one attached hydrogen (secondary N) is 5. The van der Waals surface area contributed by atoms with Crippen molar-refractivity contribution in [3.63, 3.8) is 0 Å². The number of aromatic amines is 2. The number of H-pyrrole nitrogens is 2. The maximum absolute atomic E-state index is 13.1. The monoisotopic (exact) mass is 722 g/mol. The average Bonchev–Trinajstić information content (AvgIpc) is 3.93. The summed E-state index contributed by atoms with van der Waals surface area (Å²) < 4.78 is 5.47. The predicted molar refractivity (Wildman–Crippen MR) is 210 cm³/mol. The van der Waals surface area contributed by atoms with E-state index in [0.29, 0.717) is 19.0 Å². The van der Waals surface area contributed by atoms with Gasteiger partial charge in [-0.05, 0) is 109 Å². The number of carbonyl (C=O) groups is 2. The van der Waals surface area contributed by atoms with Gasteiger partial charge < -0.3 is 25.3 Å². The van der Waals surface area contributed by atoms with Crippen molar-refractivity contribution in [2.75, 3.05) is 30.9 Å². The zero-order valence-electron chi connectivity index (χ0n) is 31.1. The van der Waals surface area contributed by atoms with Crippen LogP contribution in [0.2, 0.25) is 0 Å². The van der Waals surface area contributed by atoms with Crippen LogP contribution in [0.3, 0.4) is 0 Å². The van der Waals surface area contributed by atoms with Gasteiger partial charge in [-0.15, -0.1) is 0 Å². The quantitative estimate of drug-likeness (QED) is 0.0934. The van der Waals surface area contributed by atoms with E-state index in [2.05, 4.69) is 99.1 Å². The first kappa shape index (κ1) is 36.3. The van der Waals surface area contributed by atoms with Crippen molar-refractivity contribution in [2.45, 2.75) is 51.9 Å². The molecule has 1 aliphatic heterocycles. The standard InChI is InChI=1S/C43H46N8O3/c1-26-27(2)35(41(38-23-46-25-48-38)36-12-7-13-39(50-36)51-43(53)44-4)15-14-31(26)20-30-8-6-11-34(28(30)3)40(37-22-45-24-47-37)32-9-5-10-33(21-32)49-42(52)29-16-18-54-19-17-29/h5-15,21-25,29,40-41H,16-20H2,1-4H3,(H,45,47)(H,46,48)(H,49,52)(H2,44,50,51,53). The summed E-state index contributed by atoms with van der Waals surface area (Å²) in [6.07, 6.45) is 9.33. The molecule has 276 valence electrons. The van der Waals surface area contributed by atoms with Gasteiger partial charge in [0, 0.05) is 55.6 Å². The summed E-state index contributed by atoms with van der Waals surface area (Å²) in [5.74, 6) is 0.139. The first-order valence-electron chi connectivity index (χ1n) is 18.4. The van der Waals surface area contributed by atoms with Crippen LogP contribution < -0.4 is 16.0 Å². The molecular formula is C43H46N8O3. The third-order valence-electron chi connectivity index (χ3n) is 10.7. The summed E-state index contributed by atoms with van der Waals surface area (Å²) in [7, 11) is 1.58. The van der Waals surface area contributed by atoms with Gasteiger partial charge in [0.1, 0.15) is 5.82 Å². The minimum atomic E-state index is -0.326. The summed E-state index contributed by atoms with van der Waals surface area (Å²) in [4.78, 5) is 45.4. The van der Waals surface area contributed by atoms with Crippen LogP contribution in [0.5, 0.6) is 0 Å². The molecule has 3 aromatic carbocycles. The Balaban J connectivity index is 1.19. The lowest BCUT2D eigenvalue weighted by molar-refractivity contribution is -0.122. The van der Waals surface area contributed by atoms with E-state index in [9.17, 15) is 9.59 Å². The van der Waals surface area contributed by atoms with Gasteiger partial charge in [0.25, 0.3) is 0 Å². The molecular weight excluding hydrogens is 677 g/mol. The fourth-order valence-electron chi connectivity index (χ4n) is 7.54. The summed E-state index contributed by atoms with van der Waals surface area (Å²) in [6, 6.07) is 24.4. The second-order valence-corrected chi connectivity index (χ2v) is 13.9. The number of urea groups is 1. The maximum Gasteiger partial charge on any atom is 0.320 e. The molecule has 0 radical (unpaired) electrons. The number of hydrogen-bond donors (Lipinski definition) is 5. The number of rotatable bonds is 11. The number of carbonyl (C=O) groups excluding carboxylic acids is 2. The molecule has 4 heterocycles. The molecule has 2 unspecified atom stereocenters. The molecule has 7 rings (SSSR count). The lowest BCUT2D eigenvalue weighted by Crippen LogP contribution is -2.28. The summed E-state index contributed by atoms with van der Waals surface area (Å²) in [5, 5.41) is 8.55. The Kier molecular flexibility index (Phi) is 11.0. The third-order valence-corrected chi connectivity index (χ3v) is 10.7. The second-order valence-electron chi connectivity index (χ2n) is 13.9. The van der Waals surface area contributed by atoms with Gasteiger partial charge in [-0.3, -0.25) is 10.1 Å². The minimum Gasteiger partial charge on any atom is -0.381 e. The first-order valence-corrected chi connectivity index (χ1v) is 18.4. The van der Waals surface area contributed by atoms with Gasteiger partial charge in [-0.1, -0.05) is 48.5 Å². The van der Waals surface area contributed by atoms with E-state index in [1.54, 1.807) is 25.8 Å². The number of amides is 3. The van der Waals surface area contributed by atoms with Gasteiger partial charge in [0.2, 0.25) is 5.91 Å². The highest BCUT2D eigenvalue weighted by atomic mass is 16.5. The Morgan fingerprint density at radius 1 is 0.778 bits per heavy atom. The van der Waals surface area contributed by atoms with Crippen LogP contribution >= 0.6 is 0 Å². The predicted octanol–water partition coefficient (Wildman–Crippen LogP) is 7.52. The van der Waals surface area contributed by atoms with Gasteiger partial charge >= 0.3 is 6.03 Å². The van der Waals surface area contributed by atoms with Crippen molar-refractivity contribution in [1.82, 2.24) is 30.2 Å². The number of anilines is 2. The molecule has 5 N–H and O–H groups in total. The van der Waals surface area contributed by atoms with E-state index in [-0.39, 0.29) is 29.7 Å². The first-order chi connectivity index (χ1) is 26.3. The molecule has 0 saturated carbocycles. The largest absolute Gasteiger partial charge is 0.381 e. The lowest BCUT2D eigenvalue weighted by atomic mass is 9.82. The summed E-state index contributed by atoms with van der Waals surface area (Å²) in [5.41, 5.74) is 12.9. The molecule has 6 aromatic rings. The normalized spacial score (nSPS) is 14.3. The topological polar surface area (TPSA) is 150 Å². The van der Waals surface area contributed by atoms with E-state index in [4.69, 9.17) is 9.72 Å². The van der Waals surface area contributed by atoms with E-state index in [0.717, 1.165) is 53.2 Å². The Bertz CT molecular complexity index is 2230. The van der Waals surface area contributed by atoms with Crippen LogP contribution in [-0.2, 0) is 16.0 Å². The molecule has 1 saturated heterocycles. The molecule has 3 aromatic heterocycles. The van der Waals surface area contributed by atoms with Gasteiger partial charge in [-0.25, -0.2) is 19.7 Å². The van der Waals surface area contributed by atoms with Crippen molar-refractivity contribution < 1.29 is 14.3 Å². The highest BCUT2D eigenvalue weighted by molar-refractivity contribution is 5.92. The van der Waals surface area contributed by atoms with E-state index in [1.165, 1.54) is 33.4 Å². The molecule has 54 heavy (non-hydrogen) atoms. The molecule has 11 heteroatoms. The molecule has 11 nitrogen and oxygen atoms in total. The SMILES string of the molecule is CNC(=O)Nc1cccc(C(c2cnc[nH]2)c2ccc(Cc3cccc(C(c4cccc(NC(=O)C5CCOCC5)c4)c4cnc[nH]4)c3C)c(C)c2C)n1. The van der Waals surface area contributed by atoms with E-state index in [1.807, 2.05) is 36.7 Å². The molecule has 0 bridgehead atoms. The summed E-state index contributed by atoms with van der Waals surface area (Å²) in [6.45, 7) is 7.78. The number of nitrogens with zero attached hydrogens (tertiary/aromatic N) is 3. The molecule has 1 fully saturated rings. The average molecular weight is 723 g/mol. The second kappa shape index (κ2) is 16.3. The Hall–Kier alpha value is -6.07. The zero-order valence-corrected chi connectivity index (χ0v) is 31.1. The third kappa shape index (κ3) is 7.81. The van der Waals surface area contributed by atoms with Crippen LogP contribution in [0.1, 0.15) is 86.3 Å². The van der Waals surface area contributed by atoms with Crippen LogP contribution in [0.25, 0.3) is 0 Å². The number of pyridine rings is 1. The fraction of sp³-hybridized carbons (Fsp3) is 0.279. The Morgan fingerprint density at radius 2 is 1.46 bits per heavy atom. The number of imidazole rings is 2. The molecule has 0 aliphatic carbocycles. The Labute approximate surface area is 315 Å². The van der Waals surface area contributed by atoms with Crippen molar-refractivity contribution >= 4 is 23.4 Å². The van der Waals surface area contributed by atoms with E-state index < -0.39 is 0 Å². The van der Waals surface area contributed by atoms with Gasteiger partial charge in [-0.2, -0.15) is 0 Å². The van der Waals surface area contributed by atoms with E-state index >= 15 is 0 Å². The molecule has 0 spiro atoms. The molecule has 3 amide bonds. The smallest absolute Gasteiger partial charge is 0.320 e. The van der Waals surface area contributed by atoms with Crippen LogP contribution in [0, 0.1) is 26.7 Å². The van der Waals surface area contributed by atoms with Crippen molar-refractivity contribution in [3.8, 4) is 0 Å². The van der Waals surface area contributed by atoms with Gasteiger partial charge in [0.15, 0.2) is 0 Å². The van der Waals surface area contributed by atoms with Crippen LogP contribution in [-0.4, -0.2) is 57.1 Å². The maximum atomic E-state index is 13.1. The van der Waals surface area contributed by atoms with Crippen molar-refractivity contribution in [2.24, 2.45) is 5.92 Å². The molecule has 1 aliphatic rings. The number of aromatic nitrogens is 5. The van der Waals surface area contributed by atoms with Crippen LogP contribution in [0.15, 0.2) is 97.8 Å². The highest BCUT2D eigenvalue weighted by Crippen LogP contribution is 2.37. The highest BCUT2D eigenvalue weighted by Gasteiger charge is 2.26. The molecule has 2 atom stereocenters. The number of ether oxygens (including phenoxy) is 1. The van der Waals surface area contributed by atoms with Crippen molar-refractivity contribution in [3.05, 3.63) is 159 Å². The Morgan fingerprint density at radius 3 is 2.19 bits per heavy atom. The summed E-state index contributed by atoms with van der Waals surface area (Å²) >= 11 is 0. The lowest BCUT2D eigenvalue weighted by Gasteiger charge is -2.24. The van der Waals surface area contributed by atoms with Gasteiger partial charge in [0.05, 0.1) is 30.2 Å².